The summed E-state index contributed by atoms with van der Waals surface area (Å²) in [5.41, 5.74) is 6.00. The smallest absolute Gasteiger partial charge is 0.0541 e. The molecule has 1 rings (SSSR count). The van der Waals surface area contributed by atoms with E-state index in [-0.39, 0.29) is 5.41 Å². The van der Waals surface area contributed by atoms with Crippen LogP contribution in [0.3, 0.4) is 0 Å². The minimum atomic E-state index is 0.287. The lowest BCUT2D eigenvalue weighted by atomic mass is 9.88. The van der Waals surface area contributed by atoms with Crippen LogP contribution in [-0.2, 0) is 0 Å². The fourth-order valence-electron chi connectivity index (χ4n) is 1.55. The summed E-state index contributed by atoms with van der Waals surface area (Å²) in [5.74, 6) is 1.13. The average Bonchev–Trinajstić information content (AvgIpc) is 2.31. The Kier molecular flexibility index (Phi) is 6.39. The van der Waals surface area contributed by atoms with E-state index < -0.39 is 0 Å². The number of halogens is 1. The highest BCUT2D eigenvalue weighted by molar-refractivity contribution is 7.99. The van der Waals surface area contributed by atoms with Gasteiger partial charge in [0.05, 0.1) is 5.02 Å². The van der Waals surface area contributed by atoms with Crippen molar-refractivity contribution in [1.29, 1.82) is 0 Å². The number of thioether (sulfide) groups is 1. The molecule has 2 N–H and O–H groups in total. The van der Waals surface area contributed by atoms with E-state index in [1.165, 1.54) is 24.2 Å². The SMILES string of the molecule is CC(C)(CN)CCCCSc1ccccc1Cl. The molecule has 0 aromatic heterocycles. The largest absolute Gasteiger partial charge is 0.330 e. The van der Waals surface area contributed by atoms with Crippen LogP contribution in [0.5, 0.6) is 0 Å². The van der Waals surface area contributed by atoms with E-state index in [1.54, 1.807) is 0 Å². The van der Waals surface area contributed by atoms with Crippen LogP contribution in [0.25, 0.3) is 0 Å². The highest BCUT2D eigenvalue weighted by Gasteiger charge is 2.14. The monoisotopic (exact) mass is 271 g/mol. The van der Waals surface area contributed by atoms with Gasteiger partial charge in [-0.1, -0.05) is 44.0 Å². The van der Waals surface area contributed by atoms with Crippen molar-refractivity contribution in [3.8, 4) is 0 Å². The normalized spacial score (nSPS) is 11.8. The molecule has 0 saturated carbocycles. The van der Waals surface area contributed by atoms with E-state index in [2.05, 4.69) is 19.9 Å². The number of hydrogen-bond acceptors (Lipinski definition) is 2. The highest BCUT2D eigenvalue weighted by Crippen LogP contribution is 2.28. The first kappa shape index (κ1) is 14.9. The van der Waals surface area contributed by atoms with Crippen molar-refractivity contribution in [2.45, 2.75) is 38.0 Å². The zero-order chi connectivity index (χ0) is 12.7. The molecule has 0 aliphatic carbocycles. The maximum Gasteiger partial charge on any atom is 0.0541 e. The summed E-state index contributed by atoms with van der Waals surface area (Å²) in [7, 11) is 0. The Hall–Kier alpha value is -0.180. The molecule has 0 spiro atoms. The van der Waals surface area contributed by atoms with Gasteiger partial charge in [0, 0.05) is 4.90 Å². The molecule has 0 unspecified atom stereocenters. The Balaban J connectivity index is 2.19. The van der Waals surface area contributed by atoms with Crippen molar-refractivity contribution in [3.63, 3.8) is 0 Å². The lowest BCUT2D eigenvalue weighted by Gasteiger charge is -2.21. The van der Waals surface area contributed by atoms with Crippen LogP contribution < -0.4 is 5.73 Å². The van der Waals surface area contributed by atoms with E-state index in [1.807, 2.05) is 30.0 Å². The lowest BCUT2D eigenvalue weighted by molar-refractivity contribution is 0.336. The van der Waals surface area contributed by atoms with Gasteiger partial charge in [-0.25, -0.2) is 0 Å². The summed E-state index contributed by atoms with van der Waals surface area (Å²) in [6.07, 6.45) is 3.66. The van der Waals surface area contributed by atoms with Crippen LogP contribution in [0.4, 0.5) is 0 Å². The molecule has 0 aliphatic rings. The molecule has 0 radical (unpaired) electrons. The Labute approximate surface area is 114 Å². The van der Waals surface area contributed by atoms with Crippen molar-refractivity contribution in [2.24, 2.45) is 11.1 Å². The van der Waals surface area contributed by atoms with Gasteiger partial charge < -0.3 is 5.73 Å². The predicted molar refractivity (Wildman–Crippen MR) is 78.9 cm³/mol. The van der Waals surface area contributed by atoms with Crippen LogP contribution in [0, 0.1) is 5.41 Å². The van der Waals surface area contributed by atoms with Crippen molar-refractivity contribution >= 4 is 23.4 Å². The predicted octanol–water partition coefficient (Wildman–Crippen LogP) is 4.59. The van der Waals surface area contributed by atoms with Gasteiger partial charge >= 0.3 is 0 Å². The first-order valence-electron chi connectivity index (χ1n) is 6.12. The number of unbranched alkanes of at least 4 members (excludes halogenated alkanes) is 1. The van der Waals surface area contributed by atoms with E-state index in [0.29, 0.717) is 0 Å². The third-order valence-corrected chi connectivity index (χ3v) is 4.50. The summed E-state index contributed by atoms with van der Waals surface area (Å²) >= 11 is 7.94. The van der Waals surface area contributed by atoms with Gasteiger partial charge in [0.2, 0.25) is 0 Å². The van der Waals surface area contributed by atoms with Crippen LogP contribution >= 0.6 is 23.4 Å². The van der Waals surface area contributed by atoms with Crippen LogP contribution in [-0.4, -0.2) is 12.3 Å². The Morgan fingerprint density at radius 1 is 1.24 bits per heavy atom. The fraction of sp³-hybridized carbons (Fsp3) is 0.571. The molecular formula is C14H22ClNS. The standard InChI is InChI=1S/C14H22ClNS/c1-14(2,11-16)9-5-6-10-17-13-8-4-3-7-12(13)15/h3-4,7-8H,5-6,9-11,16H2,1-2H3. The summed E-state index contributed by atoms with van der Waals surface area (Å²) in [5, 5.41) is 0.861. The van der Waals surface area contributed by atoms with Gasteiger partial charge in [-0.15, -0.1) is 11.8 Å². The summed E-state index contributed by atoms with van der Waals surface area (Å²) in [6.45, 7) is 5.23. The molecule has 17 heavy (non-hydrogen) atoms. The van der Waals surface area contributed by atoms with Gasteiger partial charge in [-0.3, -0.25) is 0 Å². The summed E-state index contributed by atoms with van der Waals surface area (Å²) in [4.78, 5) is 1.19. The zero-order valence-electron chi connectivity index (χ0n) is 10.7. The Morgan fingerprint density at radius 3 is 2.59 bits per heavy atom. The molecule has 0 fully saturated rings. The molecule has 1 nitrogen and oxygen atoms in total. The maximum atomic E-state index is 6.09. The van der Waals surface area contributed by atoms with Crippen LogP contribution in [0.1, 0.15) is 33.1 Å². The minimum Gasteiger partial charge on any atom is -0.330 e. The second kappa shape index (κ2) is 7.30. The van der Waals surface area contributed by atoms with Crippen molar-refractivity contribution < 1.29 is 0 Å². The van der Waals surface area contributed by atoms with Crippen molar-refractivity contribution in [3.05, 3.63) is 29.3 Å². The Morgan fingerprint density at radius 2 is 1.94 bits per heavy atom. The van der Waals surface area contributed by atoms with Crippen LogP contribution in [0.15, 0.2) is 29.2 Å². The first-order chi connectivity index (χ1) is 8.05. The molecule has 3 heteroatoms. The van der Waals surface area contributed by atoms with E-state index >= 15 is 0 Å². The van der Waals surface area contributed by atoms with Gasteiger partial charge in [0.15, 0.2) is 0 Å². The zero-order valence-corrected chi connectivity index (χ0v) is 12.3. The van der Waals surface area contributed by atoms with E-state index in [4.69, 9.17) is 17.3 Å². The van der Waals surface area contributed by atoms with Crippen molar-refractivity contribution in [1.82, 2.24) is 0 Å². The number of hydrogen-bond donors (Lipinski definition) is 1. The molecule has 96 valence electrons. The topological polar surface area (TPSA) is 26.0 Å². The molecule has 0 bridgehead atoms. The molecular weight excluding hydrogens is 250 g/mol. The first-order valence-corrected chi connectivity index (χ1v) is 7.49. The van der Waals surface area contributed by atoms with Gasteiger partial charge in [-0.05, 0) is 42.7 Å². The second-order valence-corrected chi connectivity index (χ2v) is 6.65. The van der Waals surface area contributed by atoms with Gasteiger partial charge in [-0.2, -0.15) is 0 Å². The lowest BCUT2D eigenvalue weighted by Crippen LogP contribution is -2.23. The molecule has 0 amide bonds. The van der Waals surface area contributed by atoms with Crippen LogP contribution in [0.2, 0.25) is 5.02 Å². The third kappa shape index (κ3) is 5.80. The van der Waals surface area contributed by atoms with Gasteiger partial charge in [0.1, 0.15) is 0 Å². The molecule has 0 atom stereocenters. The quantitative estimate of drug-likeness (QED) is 0.580. The molecule has 0 aliphatic heterocycles. The number of nitrogens with two attached hydrogens (primary N) is 1. The van der Waals surface area contributed by atoms with Gasteiger partial charge in [0.25, 0.3) is 0 Å². The highest BCUT2D eigenvalue weighted by atomic mass is 35.5. The summed E-state index contributed by atoms with van der Waals surface area (Å²) < 4.78 is 0. The summed E-state index contributed by atoms with van der Waals surface area (Å²) in [6, 6.07) is 8.03. The van der Waals surface area contributed by atoms with Crippen molar-refractivity contribution in [2.75, 3.05) is 12.3 Å². The fourth-order valence-corrected chi connectivity index (χ4v) is 2.80. The number of rotatable bonds is 7. The average molecular weight is 272 g/mol. The minimum absolute atomic E-state index is 0.287. The third-order valence-electron chi connectivity index (χ3n) is 2.89. The number of benzene rings is 1. The van der Waals surface area contributed by atoms with E-state index in [9.17, 15) is 0 Å². The second-order valence-electron chi connectivity index (χ2n) is 5.10. The molecule has 0 saturated heterocycles. The molecule has 0 heterocycles. The molecule has 1 aromatic rings. The molecule has 1 aromatic carbocycles. The Bertz CT molecular complexity index is 339. The maximum absolute atomic E-state index is 6.09. The van der Waals surface area contributed by atoms with E-state index in [0.717, 1.165) is 17.3 Å².